The number of hydrogen-bond donors (Lipinski definition) is 1. The van der Waals surface area contributed by atoms with Crippen molar-refractivity contribution in [1.29, 1.82) is 5.41 Å². The van der Waals surface area contributed by atoms with Crippen LogP contribution in [0, 0.1) is 5.41 Å². The Hall–Kier alpha value is -3.97. The Labute approximate surface area is 202 Å². The van der Waals surface area contributed by atoms with Gasteiger partial charge in [-0.25, -0.2) is 0 Å². The van der Waals surface area contributed by atoms with Gasteiger partial charge in [0.05, 0.1) is 0 Å². The lowest BCUT2D eigenvalue weighted by atomic mass is 9.92. The van der Waals surface area contributed by atoms with Crippen LogP contribution >= 0.6 is 0 Å². The van der Waals surface area contributed by atoms with E-state index in [4.69, 9.17) is 5.41 Å². The van der Waals surface area contributed by atoms with Gasteiger partial charge in [0, 0.05) is 5.71 Å². The Morgan fingerprint density at radius 3 is 2.24 bits per heavy atom. The molecule has 0 atom stereocenters. The lowest BCUT2D eigenvalue weighted by Gasteiger charge is -2.11. The Bertz CT molecular complexity index is 1420. The highest BCUT2D eigenvalue weighted by Crippen LogP contribution is 2.49. The molecule has 4 aromatic carbocycles. The summed E-state index contributed by atoms with van der Waals surface area (Å²) in [5.41, 5.74) is 10.4. The zero-order chi connectivity index (χ0) is 23.5. The zero-order valence-corrected chi connectivity index (χ0v) is 19.5. The number of nitrogens with one attached hydrogen (secondary N) is 1. The second-order valence-corrected chi connectivity index (χ2v) is 8.93. The molecule has 1 aliphatic rings. The van der Waals surface area contributed by atoms with E-state index in [2.05, 4.69) is 92.0 Å². The molecule has 0 bridgehead atoms. The molecular weight excluding hydrogens is 410 g/mol. The first-order valence-corrected chi connectivity index (χ1v) is 12.0. The van der Waals surface area contributed by atoms with Gasteiger partial charge in [-0.2, -0.15) is 0 Å². The smallest absolute Gasteiger partial charge is 0.0314 e. The van der Waals surface area contributed by atoms with Gasteiger partial charge in [0.25, 0.3) is 0 Å². The summed E-state index contributed by atoms with van der Waals surface area (Å²) in [6, 6.07) is 28.4. The van der Waals surface area contributed by atoms with Crippen LogP contribution in [-0.2, 0) is 0 Å². The Morgan fingerprint density at radius 2 is 1.44 bits per heavy atom. The number of rotatable bonds is 9. The zero-order valence-electron chi connectivity index (χ0n) is 19.5. The highest BCUT2D eigenvalue weighted by atomic mass is 14.4. The maximum Gasteiger partial charge on any atom is 0.0314 e. The molecule has 1 N–H and O–H groups in total. The molecular formula is C33H29N. The van der Waals surface area contributed by atoms with Crippen molar-refractivity contribution in [3.63, 3.8) is 0 Å². The quantitative estimate of drug-likeness (QED) is 0.102. The molecule has 0 amide bonds. The average Bonchev–Trinajstić information content (AvgIpc) is 3.21. The molecule has 0 aromatic heterocycles. The predicted octanol–water partition coefficient (Wildman–Crippen LogP) is 9.49. The Morgan fingerprint density at radius 1 is 0.735 bits per heavy atom. The van der Waals surface area contributed by atoms with Crippen molar-refractivity contribution in [3.8, 4) is 33.4 Å². The van der Waals surface area contributed by atoms with E-state index >= 15 is 0 Å². The third-order valence-corrected chi connectivity index (χ3v) is 6.68. The second kappa shape index (κ2) is 9.49. The largest absolute Gasteiger partial charge is 0.305 e. The molecule has 5 rings (SSSR count). The van der Waals surface area contributed by atoms with Gasteiger partial charge in [0.1, 0.15) is 0 Å². The van der Waals surface area contributed by atoms with Gasteiger partial charge in [-0.1, -0.05) is 91.5 Å². The van der Waals surface area contributed by atoms with Crippen molar-refractivity contribution in [2.45, 2.75) is 25.7 Å². The fraction of sp³-hybridized carbons (Fsp3) is 0.121. The maximum absolute atomic E-state index is 8.19. The van der Waals surface area contributed by atoms with E-state index in [9.17, 15) is 0 Å². The fourth-order valence-corrected chi connectivity index (χ4v) is 4.93. The number of benzene rings is 4. The normalized spacial score (nSPS) is 11.6. The lowest BCUT2D eigenvalue weighted by Crippen LogP contribution is -1.91. The van der Waals surface area contributed by atoms with E-state index in [0.717, 1.165) is 36.8 Å². The van der Waals surface area contributed by atoms with E-state index in [1.165, 1.54) is 44.2 Å². The minimum atomic E-state index is 0.647. The molecule has 0 radical (unpaired) electrons. The molecule has 166 valence electrons. The SMILES string of the molecule is C=CCCCCC(=N)/C=C\C(=C)c1cccc(-c2ccc3c4c(cccc24)-c2ccccc2-3)c1. The Kier molecular flexibility index (Phi) is 6.10. The van der Waals surface area contributed by atoms with Crippen molar-refractivity contribution in [3.05, 3.63) is 116 Å². The Balaban J connectivity index is 1.44. The number of unbranched alkanes of at least 4 members (excludes halogenated alkanes) is 2. The van der Waals surface area contributed by atoms with Gasteiger partial charge in [-0.05, 0) is 93.1 Å². The molecule has 34 heavy (non-hydrogen) atoms. The van der Waals surface area contributed by atoms with E-state index in [1.54, 1.807) is 0 Å². The molecule has 0 aliphatic heterocycles. The standard InChI is InChI=1S/C33H29N/c1-3-4-5-6-13-26(34)19-18-23(2)24-11-9-12-25(22-24)27-20-21-32-29-15-8-7-14-28(29)31-17-10-16-30(27)33(31)32/h3,7-12,14-22,34H,1-2,4-6,13H2/b19-18-,34-26?. The summed E-state index contributed by atoms with van der Waals surface area (Å²) in [4.78, 5) is 0. The molecule has 0 heterocycles. The molecule has 1 nitrogen and oxygen atoms in total. The first kappa shape index (κ1) is 21.9. The monoisotopic (exact) mass is 439 g/mol. The predicted molar refractivity (Wildman–Crippen MR) is 148 cm³/mol. The average molecular weight is 440 g/mol. The summed E-state index contributed by atoms with van der Waals surface area (Å²) in [6.45, 7) is 8.03. The minimum Gasteiger partial charge on any atom is -0.305 e. The van der Waals surface area contributed by atoms with Crippen LogP contribution in [-0.4, -0.2) is 5.71 Å². The molecule has 1 aliphatic carbocycles. The summed E-state index contributed by atoms with van der Waals surface area (Å²) in [6.07, 6.45) is 9.71. The molecule has 0 fully saturated rings. The summed E-state index contributed by atoms with van der Waals surface area (Å²) in [7, 11) is 0. The van der Waals surface area contributed by atoms with Crippen LogP contribution in [0.4, 0.5) is 0 Å². The van der Waals surface area contributed by atoms with Crippen LogP contribution < -0.4 is 0 Å². The molecule has 4 aromatic rings. The molecule has 0 saturated carbocycles. The molecule has 1 heteroatoms. The van der Waals surface area contributed by atoms with Crippen LogP contribution in [0.5, 0.6) is 0 Å². The lowest BCUT2D eigenvalue weighted by molar-refractivity contribution is 0.778. The highest BCUT2D eigenvalue weighted by molar-refractivity contribution is 6.18. The van der Waals surface area contributed by atoms with E-state index in [1.807, 2.05) is 18.2 Å². The summed E-state index contributed by atoms with van der Waals surface area (Å²) < 4.78 is 0. The van der Waals surface area contributed by atoms with E-state index in [-0.39, 0.29) is 0 Å². The van der Waals surface area contributed by atoms with Crippen LogP contribution in [0.1, 0.15) is 31.2 Å². The van der Waals surface area contributed by atoms with Gasteiger partial charge < -0.3 is 5.41 Å². The van der Waals surface area contributed by atoms with Gasteiger partial charge in [-0.15, -0.1) is 6.58 Å². The number of fused-ring (bicyclic) bond motifs is 3. The van der Waals surface area contributed by atoms with Crippen molar-refractivity contribution < 1.29 is 0 Å². The first-order chi connectivity index (χ1) is 16.7. The number of allylic oxidation sites excluding steroid dienone is 4. The van der Waals surface area contributed by atoms with E-state index < -0.39 is 0 Å². The van der Waals surface area contributed by atoms with Crippen molar-refractivity contribution in [1.82, 2.24) is 0 Å². The third-order valence-electron chi connectivity index (χ3n) is 6.68. The summed E-state index contributed by atoms with van der Waals surface area (Å²) in [5.74, 6) is 0. The van der Waals surface area contributed by atoms with Crippen molar-refractivity contribution in [2.24, 2.45) is 0 Å². The number of hydrogen-bond acceptors (Lipinski definition) is 1. The molecule has 0 unspecified atom stereocenters. The van der Waals surface area contributed by atoms with Crippen LogP contribution in [0.15, 0.2) is 110 Å². The van der Waals surface area contributed by atoms with Crippen LogP contribution in [0.25, 0.3) is 49.7 Å². The maximum atomic E-state index is 8.19. The molecule has 0 saturated heterocycles. The second-order valence-electron chi connectivity index (χ2n) is 8.93. The van der Waals surface area contributed by atoms with Gasteiger partial charge in [-0.3, -0.25) is 0 Å². The minimum absolute atomic E-state index is 0.647. The third kappa shape index (κ3) is 4.06. The summed E-state index contributed by atoms with van der Waals surface area (Å²) >= 11 is 0. The first-order valence-electron chi connectivity index (χ1n) is 12.0. The molecule has 0 spiro atoms. The van der Waals surface area contributed by atoms with Crippen molar-refractivity contribution in [2.75, 3.05) is 0 Å². The van der Waals surface area contributed by atoms with E-state index in [0.29, 0.717) is 5.71 Å². The topological polar surface area (TPSA) is 23.9 Å². The van der Waals surface area contributed by atoms with Gasteiger partial charge in [0.15, 0.2) is 0 Å². The van der Waals surface area contributed by atoms with Crippen LogP contribution in [0.3, 0.4) is 0 Å². The fourth-order valence-electron chi connectivity index (χ4n) is 4.93. The van der Waals surface area contributed by atoms with Crippen molar-refractivity contribution >= 4 is 22.1 Å². The van der Waals surface area contributed by atoms with Gasteiger partial charge in [0.2, 0.25) is 0 Å². The van der Waals surface area contributed by atoms with Gasteiger partial charge >= 0.3 is 0 Å². The summed E-state index contributed by atoms with van der Waals surface area (Å²) in [5, 5.41) is 10.8. The van der Waals surface area contributed by atoms with Crippen LogP contribution in [0.2, 0.25) is 0 Å². The highest BCUT2D eigenvalue weighted by Gasteiger charge is 2.22.